The molecule has 3 aromatic rings. The Morgan fingerprint density at radius 1 is 1.00 bits per heavy atom. The summed E-state index contributed by atoms with van der Waals surface area (Å²) in [5, 5.41) is 12.0. The third-order valence-electron chi connectivity index (χ3n) is 7.30. The van der Waals surface area contributed by atoms with Crippen molar-refractivity contribution in [1.82, 2.24) is 4.31 Å². The van der Waals surface area contributed by atoms with Gasteiger partial charge in [0, 0.05) is 13.1 Å². The molecule has 0 aromatic heterocycles. The molecule has 4 unspecified atom stereocenters. The molecule has 172 valence electrons. The first-order valence-corrected chi connectivity index (χ1v) is 12.7. The molecule has 2 saturated carbocycles. The van der Waals surface area contributed by atoms with E-state index in [1.165, 1.54) is 28.9 Å². The van der Waals surface area contributed by atoms with Crippen LogP contribution in [0.3, 0.4) is 0 Å². The minimum atomic E-state index is -3.81. The monoisotopic (exact) mass is 465 g/mol. The van der Waals surface area contributed by atoms with E-state index in [0.717, 1.165) is 30.2 Å². The van der Waals surface area contributed by atoms with Crippen LogP contribution in [0, 0.1) is 17.8 Å². The second kappa shape index (κ2) is 8.47. The van der Waals surface area contributed by atoms with Crippen molar-refractivity contribution in [3.8, 4) is 5.75 Å². The maximum atomic E-state index is 13.3. The Morgan fingerprint density at radius 3 is 2.42 bits per heavy atom. The van der Waals surface area contributed by atoms with Crippen molar-refractivity contribution in [2.45, 2.75) is 36.8 Å². The number of hydrogen-bond donors (Lipinski definition) is 1. The molecule has 7 heteroatoms. The van der Waals surface area contributed by atoms with E-state index in [4.69, 9.17) is 4.74 Å². The number of sulfonamides is 1. The fraction of sp³-hybridized carbons (Fsp3) is 0.346. The van der Waals surface area contributed by atoms with E-state index in [2.05, 4.69) is 24.3 Å². The Labute approximate surface area is 193 Å². The standard InChI is InChI=1S/C26H27NO5S/c1-27(25-21-9-8-20(15-21)24(25)26(28)29)33(30,31)23-12-10-22(11-13-23)32-16-17-6-7-18-4-2-3-5-19(18)14-17/h2-7,10-14,20-21,24-25H,8-9,15-16H2,1H3,(H,28,29). The van der Waals surface area contributed by atoms with Crippen molar-refractivity contribution in [3.63, 3.8) is 0 Å². The Kier molecular flexibility index (Phi) is 5.62. The number of ether oxygens (including phenoxy) is 1. The molecule has 1 N–H and O–H groups in total. The predicted octanol–water partition coefficient (Wildman–Crippen LogP) is 4.54. The summed E-state index contributed by atoms with van der Waals surface area (Å²) in [6, 6.07) is 20.1. The summed E-state index contributed by atoms with van der Waals surface area (Å²) in [6.07, 6.45) is 2.55. The van der Waals surface area contributed by atoms with Gasteiger partial charge in [-0.1, -0.05) is 36.4 Å². The third-order valence-corrected chi connectivity index (χ3v) is 9.17. The lowest BCUT2D eigenvalue weighted by Gasteiger charge is -2.34. The van der Waals surface area contributed by atoms with E-state index in [9.17, 15) is 18.3 Å². The molecule has 0 saturated heterocycles. The fourth-order valence-electron chi connectivity index (χ4n) is 5.66. The molecule has 33 heavy (non-hydrogen) atoms. The smallest absolute Gasteiger partial charge is 0.308 e. The van der Waals surface area contributed by atoms with Gasteiger partial charge in [-0.3, -0.25) is 4.79 Å². The number of benzene rings is 3. The van der Waals surface area contributed by atoms with Gasteiger partial charge in [0.2, 0.25) is 10.0 Å². The molecule has 0 radical (unpaired) electrons. The van der Waals surface area contributed by atoms with Crippen LogP contribution in [0.15, 0.2) is 71.6 Å². The first-order chi connectivity index (χ1) is 15.8. The summed E-state index contributed by atoms with van der Waals surface area (Å²) < 4.78 is 33.7. The Balaban J connectivity index is 1.29. The zero-order chi connectivity index (χ0) is 23.2. The lowest BCUT2D eigenvalue weighted by molar-refractivity contribution is -0.145. The summed E-state index contributed by atoms with van der Waals surface area (Å²) in [6.45, 7) is 0.377. The molecule has 0 aliphatic heterocycles. The van der Waals surface area contributed by atoms with Gasteiger partial charge < -0.3 is 9.84 Å². The van der Waals surface area contributed by atoms with Gasteiger partial charge >= 0.3 is 5.97 Å². The molecular formula is C26H27NO5S. The Hall–Kier alpha value is -2.90. The molecule has 0 amide bonds. The largest absolute Gasteiger partial charge is 0.489 e. The Morgan fingerprint density at radius 2 is 1.70 bits per heavy atom. The van der Waals surface area contributed by atoms with Crippen LogP contribution < -0.4 is 4.74 Å². The van der Waals surface area contributed by atoms with E-state index in [-0.39, 0.29) is 16.7 Å². The van der Waals surface area contributed by atoms with Crippen molar-refractivity contribution in [3.05, 3.63) is 72.3 Å². The van der Waals surface area contributed by atoms with Gasteiger partial charge in [0.15, 0.2) is 0 Å². The van der Waals surface area contributed by atoms with Crippen LogP contribution in [0.5, 0.6) is 5.75 Å². The minimum absolute atomic E-state index is 0.0704. The molecule has 2 fully saturated rings. The first-order valence-electron chi connectivity index (χ1n) is 11.3. The Bertz CT molecular complexity index is 1290. The number of carboxylic acid groups (broad SMARTS) is 1. The van der Waals surface area contributed by atoms with E-state index in [1.807, 2.05) is 18.2 Å². The second-order valence-corrected chi connectivity index (χ2v) is 11.1. The average Bonchev–Trinajstić information content (AvgIpc) is 3.44. The van der Waals surface area contributed by atoms with Crippen molar-refractivity contribution in [2.75, 3.05) is 7.05 Å². The molecule has 6 nitrogen and oxygen atoms in total. The van der Waals surface area contributed by atoms with Gasteiger partial charge in [-0.25, -0.2) is 8.42 Å². The molecule has 2 bridgehead atoms. The van der Waals surface area contributed by atoms with Gasteiger partial charge in [0.05, 0.1) is 10.8 Å². The first kappa shape index (κ1) is 21.9. The fourth-order valence-corrected chi connectivity index (χ4v) is 7.10. The van der Waals surface area contributed by atoms with Gasteiger partial charge in [0.1, 0.15) is 12.4 Å². The number of carbonyl (C=O) groups is 1. The normalized spacial score (nSPS) is 24.4. The highest BCUT2D eigenvalue weighted by atomic mass is 32.2. The van der Waals surface area contributed by atoms with E-state index in [1.54, 1.807) is 12.1 Å². The van der Waals surface area contributed by atoms with Gasteiger partial charge in [0.25, 0.3) is 0 Å². The number of aliphatic carboxylic acids is 1. The van der Waals surface area contributed by atoms with Crippen molar-refractivity contribution >= 4 is 26.8 Å². The van der Waals surface area contributed by atoms with Crippen molar-refractivity contribution < 1.29 is 23.1 Å². The number of nitrogens with zero attached hydrogens (tertiary/aromatic N) is 1. The van der Waals surface area contributed by atoms with Crippen molar-refractivity contribution in [2.24, 2.45) is 17.8 Å². The molecule has 5 rings (SSSR count). The SMILES string of the molecule is CN(C1C2CCC(C2)C1C(=O)O)S(=O)(=O)c1ccc(OCc2ccc3ccccc3c2)cc1. The van der Waals surface area contributed by atoms with E-state index in [0.29, 0.717) is 12.4 Å². The quantitative estimate of drug-likeness (QED) is 0.554. The van der Waals surface area contributed by atoms with Gasteiger partial charge in [-0.05, 0) is 77.8 Å². The number of hydrogen-bond acceptors (Lipinski definition) is 4. The maximum absolute atomic E-state index is 13.3. The van der Waals surface area contributed by atoms with Gasteiger partial charge in [-0.15, -0.1) is 0 Å². The average molecular weight is 466 g/mol. The zero-order valence-corrected chi connectivity index (χ0v) is 19.2. The summed E-state index contributed by atoms with van der Waals surface area (Å²) in [5.41, 5.74) is 1.03. The number of carboxylic acids is 1. The summed E-state index contributed by atoms with van der Waals surface area (Å²) >= 11 is 0. The molecule has 0 heterocycles. The zero-order valence-electron chi connectivity index (χ0n) is 18.4. The van der Waals surface area contributed by atoms with Crippen LogP contribution in [0.4, 0.5) is 0 Å². The van der Waals surface area contributed by atoms with Crippen LogP contribution in [0.25, 0.3) is 10.8 Å². The predicted molar refractivity (Wildman–Crippen MR) is 125 cm³/mol. The second-order valence-electron chi connectivity index (χ2n) is 9.15. The molecule has 2 aliphatic carbocycles. The van der Waals surface area contributed by atoms with Crippen LogP contribution >= 0.6 is 0 Å². The van der Waals surface area contributed by atoms with E-state index < -0.39 is 28.0 Å². The summed E-state index contributed by atoms with van der Waals surface area (Å²) in [5.74, 6) is -0.769. The van der Waals surface area contributed by atoms with Crippen LogP contribution in [0.2, 0.25) is 0 Å². The maximum Gasteiger partial charge on any atom is 0.308 e. The molecular weight excluding hydrogens is 438 g/mol. The van der Waals surface area contributed by atoms with Crippen LogP contribution in [0.1, 0.15) is 24.8 Å². The third kappa shape index (κ3) is 4.00. The summed E-state index contributed by atoms with van der Waals surface area (Å²) in [7, 11) is -2.29. The lowest BCUT2D eigenvalue weighted by Crippen LogP contribution is -2.47. The number of fused-ring (bicyclic) bond motifs is 3. The summed E-state index contributed by atoms with van der Waals surface area (Å²) in [4.78, 5) is 12.0. The van der Waals surface area contributed by atoms with Crippen LogP contribution in [-0.4, -0.2) is 36.9 Å². The van der Waals surface area contributed by atoms with Crippen LogP contribution in [-0.2, 0) is 21.4 Å². The highest BCUT2D eigenvalue weighted by molar-refractivity contribution is 7.89. The number of rotatable bonds is 7. The lowest BCUT2D eigenvalue weighted by atomic mass is 9.84. The highest BCUT2D eigenvalue weighted by Gasteiger charge is 2.54. The molecule has 4 atom stereocenters. The van der Waals surface area contributed by atoms with Crippen molar-refractivity contribution in [1.29, 1.82) is 0 Å². The topological polar surface area (TPSA) is 83.9 Å². The molecule has 2 aliphatic rings. The van der Waals surface area contributed by atoms with Gasteiger partial charge in [-0.2, -0.15) is 4.31 Å². The molecule has 3 aromatic carbocycles. The molecule has 0 spiro atoms. The highest BCUT2D eigenvalue weighted by Crippen LogP contribution is 2.51. The minimum Gasteiger partial charge on any atom is -0.489 e. The van der Waals surface area contributed by atoms with E-state index >= 15 is 0 Å².